The van der Waals surface area contributed by atoms with Crippen LogP contribution in [-0.4, -0.2) is 4.98 Å². The molecule has 3 heteroatoms. The fourth-order valence-corrected chi connectivity index (χ4v) is 1.39. The molecular formula is C10H11N3. The zero-order valence-electron chi connectivity index (χ0n) is 7.41. The summed E-state index contributed by atoms with van der Waals surface area (Å²) in [5, 5.41) is 1.90. The van der Waals surface area contributed by atoms with Crippen LogP contribution in [0.25, 0.3) is 10.8 Å². The Morgan fingerprint density at radius 2 is 1.69 bits per heavy atom. The van der Waals surface area contributed by atoms with E-state index in [2.05, 4.69) is 4.98 Å². The average Bonchev–Trinajstić information content (AvgIpc) is 2.12. The van der Waals surface area contributed by atoms with E-state index in [4.69, 9.17) is 11.5 Å². The highest BCUT2D eigenvalue weighted by Crippen LogP contribution is 2.25. The highest BCUT2D eigenvalue weighted by Gasteiger charge is 2.01. The summed E-state index contributed by atoms with van der Waals surface area (Å²) in [5.74, 6) is 0. The summed E-state index contributed by atoms with van der Waals surface area (Å²) in [6.07, 6.45) is 1.76. The van der Waals surface area contributed by atoms with Crippen LogP contribution < -0.4 is 11.5 Å². The van der Waals surface area contributed by atoms with E-state index < -0.39 is 0 Å². The third-order valence-electron chi connectivity index (χ3n) is 2.11. The second-order valence-corrected chi connectivity index (χ2v) is 3.12. The molecule has 66 valence electrons. The zero-order chi connectivity index (χ0) is 9.42. The van der Waals surface area contributed by atoms with Gasteiger partial charge in [0.2, 0.25) is 0 Å². The van der Waals surface area contributed by atoms with E-state index >= 15 is 0 Å². The molecule has 2 aromatic rings. The fourth-order valence-electron chi connectivity index (χ4n) is 1.39. The van der Waals surface area contributed by atoms with Crippen molar-refractivity contribution in [3.05, 3.63) is 30.1 Å². The van der Waals surface area contributed by atoms with Gasteiger partial charge in [0.15, 0.2) is 0 Å². The summed E-state index contributed by atoms with van der Waals surface area (Å²) in [4.78, 5) is 4.17. The lowest BCUT2D eigenvalue weighted by Gasteiger charge is -2.04. The minimum Gasteiger partial charge on any atom is -0.398 e. The van der Waals surface area contributed by atoms with Crippen molar-refractivity contribution >= 4 is 22.1 Å². The summed E-state index contributed by atoms with van der Waals surface area (Å²) in [5.41, 5.74) is 14.0. The van der Waals surface area contributed by atoms with Crippen LogP contribution in [0.15, 0.2) is 24.4 Å². The van der Waals surface area contributed by atoms with Crippen molar-refractivity contribution < 1.29 is 0 Å². The predicted octanol–water partition coefficient (Wildman–Crippen LogP) is 1.71. The van der Waals surface area contributed by atoms with Crippen molar-refractivity contribution in [2.45, 2.75) is 6.92 Å². The lowest BCUT2D eigenvalue weighted by atomic mass is 10.1. The van der Waals surface area contributed by atoms with Crippen LogP contribution in [0.1, 0.15) is 5.69 Å². The molecule has 13 heavy (non-hydrogen) atoms. The second-order valence-electron chi connectivity index (χ2n) is 3.12. The van der Waals surface area contributed by atoms with Crippen molar-refractivity contribution in [3.8, 4) is 0 Å². The van der Waals surface area contributed by atoms with Gasteiger partial charge in [-0.1, -0.05) is 0 Å². The van der Waals surface area contributed by atoms with Gasteiger partial charge in [0, 0.05) is 34.0 Å². The van der Waals surface area contributed by atoms with Gasteiger partial charge < -0.3 is 11.5 Å². The van der Waals surface area contributed by atoms with Crippen LogP contribution in [0.5, 0.6) is 0 Å². The Balaban J connectivity index is 2.92. The van der Waals surface area contributed by atoms with Crippen molar-refractivity contribution in [1.82, 2.24) is 4.98 Å². The predicted molar refractivity (Wildman–Crippen MR) is 55.3 cm³/mol. The van der Waals surface area contributed by atoms with E-state index in [0.29, 0.717) is 0 Å². The standard InChI is InChI=1S/C10H11N3/c1-6-4-7-8(5-13-6)10(12)3-2-9(7)11/h2-5H,11-12H2,1H3. The molecule has 0 fully saturated rings. The van der Waals surface area contributed by atoms with Gasteiger partial charge in [0.25, 0.3) is 0 Å². The normalized spacial score (nSPS) is 10.5. The number of rotatable bonds is 0. The first-order valence-electron chi connectivity index (χ1n) is 4.09. The monoisotopic (exact) mass is 173 g/mol. The number of benzene rings is 1. The summed E-state index contributed by atoms with van der Waals surface area (Å²) in [6.45, 7) is 1.93. The molecular weight excluding hydrogens is 162 g/mol. The average molecular weight is 173 g/mol. The summed E-state index contributed by atoms with van der Waals surface area (Å²) in [7, 11) is 0. The zero-order valence-corrected chi connectivity index (χ0v) is 7.41. The summed E-state index contributed by atoms with van der Waals surface area (Å²) in [6, 6.07) is 5.56. The van der Waals surface area contributed by atoms with E-state index in [0.717, 1.165) is 27.8 Å². The summed E-state index contributed by atoms with van der Waals surface area (Å²) < 4.78 is 0. The smallest absolute Gasteiger partial charge is 0.0410 e. The molecule has 1 aromatic carbocycles. The Hall–Kier alpha value is -1.77. The Kier molecular flexibility index (Phi) is 1.59. The molecule has 0 bridgehead atoms. The molecule has 1 aromatic heterocycles. The number of nitrogen functional groups attached to an aromatic ring is 2. The Labute approximate surface area is 76.4 Å². The maximum Gasteiger partial charge on any atom is 0.0410 e. The minimum atomic E-state index is 0.719. The lowest BCUT2D eigenvalue weighted by Crippen LogP contribution is -1.93. The molecule has 0 atom stereocenters. The van der Waals surface area contributed by atoms with Crippen LogP contribution in [0.2, 0.25) is 0 Å². The molecule has 2 rings (SSSR count). The lowest BCUT2D eigenvalue weighted by molar-refractivity contribution is 1.23. The first-order chi connectivity index (χ1) is 6.18. The van der Waals surface area contributed by atoms with E-state index in [1.54, 1.807) is 12.3 Å². The first-order valence-corrected chi connectivity index (χ1v) is 4.09. The van der Waals surface area contributed by atoms with Gasteiger partial charge in [0.1, 0.15) is 0 Å². The van der Waals surface area contributed by atoms with Gasteiger partial charge in [-0.05, 0) is 25.1 Å². The second kappa shape index (κ2) is 2.62. The van der Waals surface area contributed by atoms with E-state index in [1.165, 1.54) is 0 Å². The molecule has 0 aliphatic heterocycles. The van der Waals surface area contributed by atoms with Crippen LogP contribution >= 0.6 is 0 Å². The number of aromatic nitrogens is 1. The van der Waals surface area contributed by atoms with E-state index in [1.807, 2.05) is 19.1 Å². The van der Waals surface area contributed by atoms with Crippen LogP contribution in [0.4, 0.5) is 11.4 Å². The maximum atomic E-state index is 5.81. The molecule has 4 N–H and O–H groups in total. The number of hydrogen-bond donors (Lipinski definition) is 2. The Bertz CT molecular complexity index is 463. The third kappa shape index (κ3) is 1.18. The van der Waals surface area contributed by atoms with Crippen molar-refractivity contribution in [3.63, 3.8) is 0 Å². The van der Waals surface area contributed by atoms with E-state index in [-0.39, 0.29) is 0 Å². The molecule has 1 heterocycles. The minimum absolute atomic E-state index is 0.719. The van der Waals surface area contributed by atoms with Gasteiger partial charge in [-0.15, -0.1) is 0 Å². The van der Waals surface area contributed by atoms with Crippen molar-refractivity contribution in [1.29, 1.82) is 0 Å². The summed E-state index contributed by atoms with van der Waals surface area (Å²) >= 11 is 0. The third-order valence-corrected chi connectivity index (χ3v) is 2.11. The van der Waals surface area contributed by atoms with Crippen LogP contribution in [-0.2, 0) is 0 Å². The van der Waals surface area contributed by atoms with Crippen molar-refractivity contribution in [2.75, 3.05) is 11.5 Å². The Morgan fingerprint density at radius 1 is 1.08 bits per heavy atom. The number of nitrogens with two attached hydrogens (primary N) is 2. The molecule has 0 saturated carbocycles. The van der Waals surface area contributed by atoms with Gasteiger partial charge in [-0.2, -0.15) is 0 Å². The first kappa shape index (κ1) is 7.86. The van der Waals surface area contributed by atoms with Gasteiger partial charge in [-0.25, -0.2) is 0 Å². The molecule has 0 aliphatic rings. The number of pyridine rings is 1. The quantitative estimate of drug-likeness (QED) is 0.596. The number of aryl methyl sites for hydroxylation is 1. The largest absolute Gasteiger partial charge is 0.398 e. The molecule has 0 aliphatic carbocycles. The van der Waals surface area contributed by atoms with Gasteiger partial charge in [-0.3, -0.25) is 4.98 Å². The van der Waals surface area contributed by atoms with Crippen LogP contribution in [0, 0.1) is 6.92 Å². The molecule has 0 spiro atoms. The molecule has 3 nitrogen and oxygen atoms in total. The SMILES string of the molecule is Cc1cc2c(N)ccc(N)c2cn1. The van der Waals surface area contributed by atoms with Crippen molar-refractivity contribution in [2.24, 2.45) is 0 Å². The van der Waals surface area contributed by atoms with Gasteiger partial charge in [0.05, 0.1) is 0 Å². The fraction of sp³-hybridized carbons (Fsp3) is 0.100. The number of fused-ring (bicyclic) bond motifs is 1. The topological polar surface area (TPSA) is 64.9 Å². The molecule has 0 unspecified atom stereocenters. The molecule has 0 saturated heterocycles. The molecule has 0 amide bonds. The van der Waals surface area contributed by atoms with Crippen LogP contribution in [0.3, 0.4) is 0 Å². The number of nitrogens with zero attached hydrogens (tertiary/aromatic N) is 1. The Morgan fingerprint density at radius 3 is 2.38 bits per heavy atom. The maximum absolute atomic E-state index is 5.81. The highest BCUT2D eigenvalue weighted by atomic mass is 14.7. The van der Waals surface area contributed by atoms with Gasteiger partial charge >= 0.3 is 0 Å². The highest BCUT2D eigenvalue weighted by molar-refractivity contribution is 5.99. The molecule has 0 radical (unpaired) electrons. The number of anilines is 2. The number of hydrogen-bond acceptors (Lipinski definition) is 3. The van der Waals surface area contributed by atoms with E-state index in [9.17, 15) is 0 Å².